The molecule has 0 amide bonds. The van der Waals surface area contributed by atoms with Crippen LogP contribution in [-0.4, -0.2) is 68.5 Å². The number of allylic oxidation sites excluding steroid dienone is 2. The Balaban J connectivity index is 1.30. The Labute approximate surface area is 218 Å². The summed E-state index contributed by atoms with van der Waals surface area (Å²) in [4.78, 5) is 5.87. The molecule has 6 heteroatoms. The standard InChI is InChI=1S/C30H37ClN2O3/c1-27-10-12-29(31)15-22-25(34)26(35)23(33(2)3)16-28(22)11-13-30(29,36-28)24(27)8-7-21(27)20-6-4-5-18-17-32-14-9-19(18)20/h4-7,9,14,17,22-26,34-35H,8,10-13,15-16H2,1-3H3/t22?,23-,24?,25+,26+,27+,28+,29?,30-/m0/s1. The van der Waals surface area contributed by atoms with Gasteiger partial charge >= 0.3 is 0 Å². The van der Waals surface area contributed by atoms with E-state index in [4.69, 9.17) is 16.3 Å². The Morgan fingerprint density at radius 3 is 2.69 bits per heavy atom. The number of hydrogen-bond acceptors (Lipinski definition) is 5. The molecule has 2 bridgehead atoms. The average molecular weight is 509 g/mol. The van der Waals surface area contributed by atoms with Gasteiger partial charge in [0.1, 0.15) is 0 Å². The van der Waals surface area contributed by atoms with Crippen molar-refractivity contribution in [3.63, 3.8) is 0 Å². The van der Waals surface area contributed by atoms with Gasteiger partial charge in [-0.25, -0.2) is 0 Å². The SMILES string of the molecule is CN(C)[C@H]1C[C@@]23CC[C@]4(O2)C2CC=C(c5cccc6cnccc56)[C@@]2(C)CCC4(Cl)CC3[C@@H](O)[C@@H]1O. The summed E-state index contributed by atoms with van der Waals surface area (Å²) in [5.41, 5.74) is 1.87. The molecule has 2 spiro atoms. The third kappa shape index (κ3) is 2.79. The molecule has 2 saturated carbocycles. The first-order valence-electron chi connectivity index (χ1n) is 13.6. The van der Waals surface area contributed by atoms with E-state index in [2.05, 4.69) is 42.2 Å². The fourth-order valence-corrected chi connectivity index (χ4v) is 9.86. The number of fused-ring (bicyclic) bond motifs is 2. The number of pyridine rings is 1. The molecule has 5 aliphatic rings. The van der Waals surface area contributed by atoms with Crippen molar-refractivity contribution >= 4 is 27.9 Å². The number of ether oxygens (including phenoxy) is 1. The minimum Gasteiger partial charge on any atom is -0.390 e. The highest BCUT2D eigenvalue weighted by atomic mass is 35.5. The van der Waals surface area contributed by atoms with Crippen LogP contribution in [0.2, 0.25) is 0 Å². The monoisotopic (exact) mass is 508 g/mol. The summed E-state index contributed by atoms with van der Waals surface area (Å²) in [5.74, 6) is 0.172. The van der Waals surface area contributed by atoms with Crippen molar-refractivity contribution in [1.82, 2.24) is 9.88 Å². The normalized spacial score (nSPS) is 47.4. The highest BCUT2D eigenvalue weighted by Crippen LogP contribution is 2.73. The predicted molar refractivity (Wildman–Crippen MR) is 142 cm³/mol. The van der Waals surface area contributed by atoms with Crippen LogP contribution < -0.4 is 0 Å². The first-order chi connectivity index (χ1) is 17.1. The summed E-state index contributed by atoms with van der Waals surface area (Å²) < 4.78 is 7.36. The van der Waals surface area contributed by atoms with Gasteiger partial charge in [0.15, 0.2) is 0 Å². The van der Waals surface area contributed by atoms with E-state index in [1.54, 1.807) is 0 Å². The minimum absolute atomic E-state index is 0.0257. The fourth-order valence-electron chi connectivity index (χ4n) is 9.34. The molecule has 3 heterocycles. The molecule has 3 aliphatic carbocycles. The van der Waals surface area contributed by atoms with Crippen LogP contribution in [0.15, 0.2) is 42.7 Å². The molecule has 2 aliphatic heterocycles. The summed E-state index contributed by atoms with van der Waals surface area (Å²) in [6.07, 6.45) is 10.8. The van der Waals surface area contributed by atoms with Crippen molar-refractivity contribution in [2.24, 2.45) is 17.3 Å². The molecule has 4 fully saturated rings. The number of nitrogens with zero attached hydrogens (tertiary/aromatic N) is 2. The van der Waals surface area contributed by atoms with Crippen LogP contribution in [-0.2, 0) is 4.74 Å². The lowest BCUT2D eigenvalue weighted by Crippen LogP contribution is -2.72. The first-order valence-corrected chi connectivity index (χ1v) is 14.0. The second-order valence-corrected chi connectivity index (χ2v) is 13.5. The molecule has 3 unspecified atom stereocenters. The Morgan fingerprint density at radius 1 is 1.06 bits per heavy atom. The van der Waals surface area contributed by atoms with E-state index in [0.29, 0.717) is 5.92 Å². The summed E-state index contributed by atoms with van der Waals surface area (Å²) in [7, 11) is 3.98. The maximum Gasteiger partial charge on any atom is 0.0958 e. The number of aromatic nitrogens is 1. The van der Waals surface area contributed by atoms with Crippen molar-refractivity contribution < 1.29 is 14.9 Å². The van der Waals surface area contributed by atoms with Crippen molar-refractivity contribution in [2.75, 3.05) is 14.1 Å². The Hall–Kier alpha value is -1.50. The minimum atomic E-state index is -0.812. The molecular weight excluding hydrogens is 472 g/mol. The number of aliphatic hydroxyl groups excluding tert-OH is 2. The van der Waals surface area contributed by atoms with Gasteiger partial charge in [0.25, 0.3) is 0 Å². The molecule has 5 nitrogen and oxygen atoms in total. The molecule has 1 aromatic carbocycles. The van der Waals surface area contributed by atoms with E-state index >= 15 is 0 Å². The van der Waals surface area contributed by atoms with Gasteiger partial charge in [-0.3, -0.25) is 4.98 Å². The number of likely N-dealkylation sites (N-methyl/N-ethyl adjacent to an activating group) is 1. The van der Waals surface area contributed by atoms with Gasteiger partial charge in [0.05, 0.1) is 28.3 Å². The predicted octanol–water partition coefficient (Wildman–Crippen LogP) is 4.78. The first kappa shape index (κ1) is 23.6. The molecule has 2 saturated heterocycles. The number of alkyl halides is 1. The molecule has 0 radical (unpaired) electrons. The third-order valence-electron chi connectivity index (χ3n) is 11.2. The zero-order chi connectivity index (χ0) is 25.1. The highest BCUT2D eigenvalue weighted by molar-refractivity contribution is 6.25. The van der Waals surface area contributed by atoms with Crippen molar-refractivity contribution in [1.29, 1.82) is 0 Å². The van der Waals surface area contributed by atoms with Gasteiger partial charge in [0.2, 0.25) is 0 Å². The van der Waals surface area contributed by atoms with Crippen LogP contribution in [0, 0.1) is 17.3 Å². The number of rotatable bonds is 2. The largest absolute Gasteiger partial charge is 0.390 e. The van der Waals surface area contributed by atoms with E-state index in [1.165, 1.54) is 21.9 Å². The number of aliphatic hydroxyl groups is 2. The van der Waals surface area contributed by atoms with Gasteiger partial charge in [0, 0.05) is 35.7 Å². The van der Waals surface area contributed by atoms with Crippen LogP contribution in [0.1, 0.15) is 57.4 Å². The van der Waals surface area contributed by atoms with Crippen LogP contribution in [0.5, 0.6) is 0 Å². The lowest BCUT2D eigenvalue weighted by molar-refractivity contribution is -0.276. The quantitative estimate of drug-likeness (QED) is 0.571. The van der Waals surface area contributed by atoms with Crippen LogP contribution in [0.25, 0.3) is 16.3 Å². The summed E-state index contributed by atoms with van der Waals surface area (Å²) in [6.45, 7) is 2.43. The maximum absolute atomic E-state index is 11.3. The van der Waals surface area contributed by atoms with E-state index < -0.39 is 28.3 Å². The molecule has 7 rings (SSSR count). The average Bonchev–Trinajstić information content (AvgIpc) is 3.39. The van der Waals surface area contributed by atoms with E-state index in [-0.39, 0.29) is 17.4 Å². The number of hydrogen-bond donors (Lipinski definition) is 2. The van der Waals surface area contributed by atoms with Crippen molar-refractivity contribution in [3.8, 4) is 0 Å². The van der Waals surface area contributed by atoms with Crippen molar-refractivity contribution in [3.05, 3.63) is 48.3 Å². The van der Waals surface area contributed by atoms with Gasteiger partial charge in [-0.15, -0.1) is 11.6 Å². The topological polar surface area (TPSA) is 65.8 Å². The maximum atomic E-state index is 11.3. The van der Waals surface area contributed by atoms with Gasteiger partial charge in [-0.2, -0.15) is 0 Å². The molecular formula is C30H37ClN2O3. The second-order valence-electron chi connectivity index (χ2n) is 12.8. The summed E-state index contributed by atoms with van der Waals surface area (Å²) in [5, 5.41) is 24.7. The van der Waals surface area contributed by atoms with Crippen LogP contribution >= 0.6 is 11.6 Å². The van der Waals surface area contributed by atoms with Gasteiger partial charge in [-0.1, -0.05) is 31.2 Å². The second kappa shape index (κ2) is 7.54. The van der Waals surface area contributed by atoms with E-state index in [9.17, 15) is 10.2 Å². The van der Waals surface area contributed by atoms with Crippen LogP contribution in [0.4, 0.5) is 0 Å². The lowest BCUT2D eigenvalue weighted by Gasteiger charge is -2.65. The smallest absolute Gasteiger partial charge is 0.0958 e. The van der Waals surface area contributed by atoms with Crippen LogP contribution in [0.3, 0.4) is 0 Å². The third-order valence-corrected chi connectivity index (χ3v) is 11.8. The fraction of sp³-hybridized carbons (Fsp3) is 0.633. The molecule has 1 aromatic heterocycles. The molecule has 192 valence electrons. The van der Waals surface area contributed by atoms with Gasteiger partial charge in [-0.05, 0) is 87.0 Å². The van der Waals surface area contributed by atoms with E-state index in [1.807, 2.05) is 31.4 Å². The molecule has 2 aromatic rings. The Bertz CT molecular complexity index is 1260. The molecule has 9 atom stereocenters. The van der Waals surface area contributed by atoms with Crippen molar-refractivity contribution in [2.45, 2.75) is 86.2 Å². The summed E-state index contributed by atoms with van der Waals surface area (Å²) >= 11 is 7.65. The van der Waals surface area contributed by atoms with Gasteiger partial charge < -0.3 is 19.8 Å². The Kier molecular flexibility index (Phi) is 4.94. The highest BCUT2D eigenvalue weighted by Gasteiger charge is 2.76. The number of halogens is 1. The number of benzene rings is 1. The summed E-state index contributed by atoms with van der Waals surface area (Å²) in [6, 6.07) is 8.56. The molecule has 36 heavy (non-hydrogen) atoms. The molecule has 2 N–H and O–H groups in total. The van der Waals surface area contributed by atoms with E-state index in [0.717, 1.165) is 44.9 Å². The lowest BCUT2D eigenvalue weighted by atomic mass is 9.52. The zero-order valence-electron chi connectivity index (χ0n) is 21.5. The Morgan fingerprint density at radius 2 is 1.89 bits per heavy atom. The zero-order valence-corrected chi connectivity index (χ0v) is 22.2.